The molecule has 4 nitrogen and oxygen atoms in total. The molecule has 2 aromatic carbocycles. The fourth-order valence-corrected chi connectivity index (χ4v) is 2.22. The summed E-state index contributed by atoms with van der Waals surface area (Å²) in [6.45, 7) is 4.25. The van der Waals surface area contributed by atoms with Crippen LogP contribution in [0.3, 0.4) is 0 Å². The number of anilines is 2. The second-order valence-electron chi connectivity index (χ2n) is 4.82. The van der Waals surface area contributed by atoms with Crippen molar-refractivity contribution in [3.63, 3.8) is 0 Å². The Morgan fingerprint density at radius 2 is 1.80 bits per heavy atom. The van der Waals surface area contributed by atoms with Crippen LogP contribution < -0.4 is 5.32 Å². The van der Waals surface area contributed by atoms with Gasteiger partial charge in [0.25, 0.3) is 5.69 Å². The molecule has 2 rings (SSSR count). The third kappa shape index (κ3) is 3.36. The summed E-state index contributed by atoms with van der Waals surface area (Å²) in [4.78, 5) is 10.7. The fourth-order valence-electron chi connectivity index (χ4n) is 1.87. The highest BCUT2D eigenvalue weighted by atomic mass is 79.9. The Morgan fingerprint density at radius 3 is 2.35 bits per heavy atom. The number of rotatable bonds is 4. The van der Waals surface area contributed by atoms with Gasteiger partial charge >= 0.3 is 0 Å². The predicted molar refractivity (Wildman–Crippen MR) is 84.6 cm³/mol. The number of benzene rings is 2. The molecule has 2 aromatic rings. The number of halogens is 1. The quantitative estimate of drug-likeness (QED) is 0.615. The molecular weight excluding hydrogens is 320 g/mol. The predicted octanol–water partition coefficient (Wildman–Crippen LogP) is 5.22. The largest absolute Gasteiger partial charge is 0.350 e. The van der Waals surface area contributed by atoms with Crippen LogP contribution in [0.25, 0.3) is 0 Å². The molecule has 0 amide bonds. The maximum atomic E-state index is 11.1. The molecule has 0 aliphatic heterocycles. The molecule has 1 N–H and O–H groups in total. The molecule has 0 fully saturated rings. The smallest absolute Gasteiger partial charge is 0.293 e. The average molecular weight is 335 g/mol. The first-order valence-electron chi connectivity index (χ1n) is 6.28. The molecular formula is C15H15BrN2O2. The van der Waals surface area contributed by atoms with E-state index in [1.807, 2.05) is 24.3 Å². The summed E-state index contributed by atoms with van der Waals surface area (Å²) >= 11 is 3.24. The molecule has 0 saturated heterocycles. The molecule has 104 valence electrons. The molecule has 0 saturated carbocycles. The van der Waals surface area contributed by atoms with E-state index in [0.29, 0.717) is 16.1 Å². The van der Waals surface area contributed by atoms with Crippen LogP contribution in [0.15, 0.2) is 46.9 Å². The van der Waals surface area contributed by atoms with Crippen LogP contribution >= 0.6 is 15.9 Å². The first-order chi connectivity index (χ1) is 9.47. The van der Waals surface area contributed by atoms with Crippen molar-refractivity contribution in [1.82, 2.24) is 0 Å². The highest BCUT2D eigenvalue weighted by Crippen LogP contribution is 2.30. The van der Waals surface area contributed by atoms with Gasteiger partial charge in [-0.1, -0.05) is 41.9 Å². The van der Waals surface area contributed by atoms with Crippen molar-refractivity contribution >= 4 is 33.0 Å². The topological polar surface area (TPSA) is 55.2 Å². The van der Waals surface area contributed by atoms with Gasteiger partial charge in [-0.2, -0.15) is 0 Å². The number of nitrogens with zero attached hydrogens (tertiary/aromatic N) is 1. The van der Waals surface area contributed by atoms with Crippen LogP contribution in [0.1, 0.15) is 25.3 Å². The third-order valence-electron chi connectivity index (χ3n) is 3.01. The fraction of sp³-hybridized carbons (Fsp3) is 0.200. The highest BCUT2D eigenvalue weighted by molar-refractivity contribution is 9.10. The van der Waals surface area contributed by atoms with Crippen LogP contribution in [0.5, 0.6) is 0 Å². The number of nitrogens with one attached hydrogen (secondary N) is 1. The zero-order chi connectivity index (χ0) is 14.7. The van der Waals surface area contributed by atoms with Gasteiger partial charge in [0.2, 0.25) is 0 Å². The number of hydrogen-bond donors (Lipinski definition) is 1. The molecule has 20 heavy (non-hydrogen) atoms. The van der Waals surface area contributed by atoms with Gasteiger partial charge in [-0.15, -0.1) is 0 Å². The maximum absolute atomic E-state index is 11.1. The maximum Gasteiger partial charge on any atom is 0.293 e. The zero-order valence-corrected chi connectivity index (χ0v) is 12.8. The molecule has 0 spiro atoms. The van der Waals surface area contributed by atoms with E-state index < -0.39 is 4.92 Å². The van der Waals surface area contributed by atoms with Gasteiger partial charge in [0.05, 0.1) is 4.92 Å². The Labute approximate surface area is 126 Å². The number of nitro benzene ring substituents is 1. The van der Waals surface area contributed by atoms with Crippen LogP contribution in [0.2, 0.25) is 0 Å². The van der Waals surface area contributed by atoms with Crippen molar-refractivity contribution in [1.29, 1.82) is 0 Å². The highest BCUT2D eigenvalue weighted by Gasteiger charge is 2.14. The Balaban J connectivity index is 2.28. The van der Waals surface area contributed by atoms with Gasteiger partial charge in [-0.25, -0.2) is 0 Å². The summed E-state index contributed by atoms with van der Waals surface area (Å²) in [6, 6.07) is 12.9. The van der Waals surface area contributed by atoms with Crippen molar-refractivity contribution in [3.05, 3.63) is 62.6 Å². The summed E-state index contributed by atoms with van der Waals surface area (Å²) in [7, 11) is 0. The number of hydrogen-bond acceptors (Lipinski definition) is 3. The second-order valence-corrected chi connectivity index (χ2v) is 5.74. The van der Waals surface area contributed by atoms with E-state index in [2.05, 4.69) is 35.1 Å². The molecule has 0 unspecified atom stereocenters. The Kier molecular flexibility index (Phi) is 4.39. The van der Waals surface area contributed by atoms with Crippen LogP contribution in [0.4, 0.5) is 17.1 Å². The van der Waals surface area contributed by atoms with Crippen molar-refractivity contribution in [3.8, 4) is 0 Å². The molecule has 5 heteroatoms. The summed E-state index contributed by atoms with van der Waals surface area (Å²) in [5.74, 6) is 0.464. The lowest BCUT2D eigenvalue weighted by Gasteiger charge is -2.10. The Hall–Kier alpha value is -1.88. The molecule has 0 aliphatic carbocycles. The van der Waals surface area contributed by atoms with Gasteiger partial charge in [0, 0.05) is 16.2 Å². The normalized spacial score (nSPS) is 10.6. The minimum atomic E-state index is -0.393. The second kappa shape index (κ2) is 6.05. The van der Waals surface area contributed by atoms with E-state index >= 15 is 0 Å². The van der Waals surface area contributed by atoms with E-state index in [0.717, 1.165) is 5.69 Å². The zero-order valence-electron chi connectivity index (χ0n) is 11.3. The number of nitro groups is 1. The van der Waals surface area contributed by atoms with Gasteiger partial charge in [-0.3, -0.25) is 10.1 Å². The van der Waals surface area contributed by atoms with E-state index in [4.69, 9.17) is 0 Å². The molecule has 0 aliphatic rings. The van der Waals surface area contributed by atoms with Gasteiger partial charge in [0.15, 0.2) is 0 Å². The van der Waals surface area contributed by atoms with Gasteiger partial charge < -0.3 is 5.32 Å². The minimum Gasteiger partial charge on any atom is -0.350 e. The van der Waals surface area contributed by atoms with Crippen molar-refractivity contribution < 1.29 is 4.92 Å². The van der Waals surface area contributed by atoms with E-state index in [9.17, 15) is 10.1 Å². The van der Waals surface area contributed by atoms with E-state index in [1.165, 1.54) is 11.6 Å². The first kappa shape index (κ1) is 14.5. The molecule has 0 aromatic heterocycles. The summed E-state index contributed by atoms with van der Waals surface area (Å²) in [5.41, 5.74) is 2.60. The minimum absolute atomic E-state index is 0.0484. The van der Waals surface area contributed by atoms with Crippen LogP contribution in [-0.4, -0.2) is 4.92 Å². The third-order valence-corrected chi connectivity index (χ3v) is 3.51. The van der Waals surface area contributed by atoms with Crippen molar-refractivity contribution in [2.75, 3.05) is 5.32 Å². The molecule has 0 heterocycles. The summed E-state index contributed by atoms with van der Waals surface area (Å²) in [5, 5.41) is 14.1. The summed E-state index contributed by atoms with van der Waals surface area (Å²) < 4.78 is 0.685. The standard InChI is InChI=1S/C15H15BrN2O2/c1-10(2)11-3-6-13(7-4-11)17-14-8-5-12(16)9-15(14)18(19)20/h3-10,17H,1-2H3. The van der Waals surface area contributed by atoms with Crippen LogP contribution in [-0.2, 0) is 0 Å². The summed E-state index contributed by atoms with van der Waals surface area (Å²) in [6.07, 6.45) is 0. The lowest BCUT2D eigenvalue weighted by atomic mass is 10.0. The molecule has 0 radical (unpaired) electrons. The monoisotopic (exact) mass is 334 g/mol. The van der Waals surface area contributed by atoms with Crippen molar-refractivity contribution in [2.45, 2.75) is 19.8 Å². The van der Waals surface area contributed by atoms with E-state index in [-0.39, 0.29) is 5.69 Å². The lowest BCUT2D eigenvalue weighted by Crippen LogP contribution is -1.97. The van der Waals surface area contributed by atoms with Crippen LogP contribution in [0, 0.1) is 10.1 Å². The molecule has 0 bridgehead atoms. The SMILES string of the molecule is CC(C)c1ccc(Nc2ccc(Br)cc2[N+](=O)[O-])cc1. The average Bonchev–Trinajstić information content (AvgIpc) is 2.41. The lowest BCUT2D eigenvalue weighted by molar-refractivity contribution is -0.384. The molecule has 0 atom stereocenters. The Morgan fingerprint density at radius 1 is 1.15 bits per heavy atom. The van der Waals surface area contributed by atoms with Gasteiger partial charge in [0.1, 0.15) is 5.69 Å². The Bertz CT molecular complexity index is 624. The van der Waals surface area contributed by atoms with Gasteiger partial charge in [-0.05, 0) is 35.7 Å². The first-order valence-corrected chi connectivity index (χ1v) is 7.07. The van der Waals surface area contributed by atoms with E-state index in [1.54, 1.807) is 12.1 Å². The van der Waals surface area contributed by atoms with Crippen molar-refractivity contribution in [2.24, 2.45) is 0 Å².